The Balaban J connectivity index is 1.61. The van der Waals surface area contributed by atoms with E-state index in [1.807, 2.05) is 29.2 Å². The molecule has 1 aromatic carbocycles. The second-order valence-corrected chi connectivity index (χ2v) is 6.22. The number of rotatable bonds is 3. The van der Waals surface area contributed by atoms with E-state index >= 15 is 0 Å². The zero-order valence-electron chi connectivity index (χ0n) is 11.7. The van der Waals surface area contributed by atoms with Gasteiger partial charge in [-0.25, -0.2) is 0 Å². The van der Waals surface area contributed by atoms with Gasteiger partial charge in [0, 0.05) is 31.1 Å². The topological polar surface area (TPSA) is 29.5 Å². The predicted molar refractivity (Wildman–Crippen MR) is 78.9 cm³/mol. The van der Waals surface area contributed by atoms with Gasteiger partial charge < -0.3 is 9.64 Å². The van der Waals surface area contributed by atoms with Gasteiger partial charge in [0.05, 0.1) is 6.10 Å². The summed E-state index contributed by atoms with van der Waals surface area (Å²) in [6.45, 7) is 1.63. The highest BCUT2D eigenvalue weighted by Gasteiger charge is 2.46. The van der Waals surface area contributed by atoms with E-state index in [0.29, 0.717) is 11.8 Å². The van der Waals surface area contributed by atoms with Gasteiger partial charge in [0.15, 0.2) is 0 Å². The fraction of sp³-hybridized carbons (Fsp3) is 0.562. The second-order valence-electron chi connectivity index (χ2n) is 5.78. The van der Waals surface area contributed by atoms with Crippen molar-refractivity contribution in [3.8, 4) is 0 Å². The second kappa shape index (κ2) is 5.74. The highest BCUT2D eigenvalue weighted by Crippen LogP contribution is 2.48. The lowest BCUT2D eigenvalue weighted by Gasteiger charge is -2.32. The van der Waals surface area contributed by atoms with Crippen LogP contribution in [0.25, 0.3) is 0 Å². The predicted octanol–water partition coefficient (Wildman–Crippen LogP) is 3.08. The molecule has 1 amide bonds. The molecule has 3 rings (SSSR count). The van der Waals surface area contributed by atoms with Crippen LogP contribution in [0.5, 0.6) is 0 Å². The molecule has 2 fully saturated rings. The molecule has 20 heavy (non-hydrogen) atoms. The molecule has 4 heteroatoms. The first-order valence-electron chi connectivity index (χ1n) is 7.26. The molecular weight excluding hydrogens is 274 g/mol. The van der Waals surface area contributed by atoms with E-state index in [4.69, 9.17) is 16.3 Å². The number of carbonyl (C=O) groups is 1. The first kappa shape index (κ1) is 13.9. The summed E-state index contributed by atoms with van der Waals surface area (Å²) < 4.78 is 5.39. The van der Waals surface area contributed by atoms with Crippen molar-refractivity contribution in [1.82, 2.24) is 4.90 Å². The van der Waals surface area contributed by atoms with Crippen molar-refractivity contribution in [2.45, 2.75) is 31.3 Å². The molecule has 1 aliphatic heterocycles. The van der Waals surface area contributed by atoms with Crippen LogP contribution in [0.15, 0.2) is 24.3 Å². The van der Waals surface area contributed by atoms with Crippen molar-refractivity contribution >= 4 is 17.5 Å². The van der Waals surface area contributed by atoms with Gasteiger partial charge >= 0.3 is 0 Å². The first-order chi connectivity index (χ1) is 9.69. The van der Waals surface area contributed by atoms with Crippen molar-refractivity contribution in [3.63, 3.8) is 0 Å². The van der Waals surface area contributed by atoms with Gasteiger partial charge in [-0.15, -0.1) is 0 Å². The Morgan fingerprint density at radius 1 is 1.35 bits per heavy atom. The van der Waals surface area contributed by atoms with Crippen molar-refractivity contribution < 1.29 is 9.53 Å². The summed E-state index contributed by atoms with van der Waals surface area (Å²) in [6.07, 6.45) is 3.28. The molecule has 108 valence electrons. The lowest BCUT2D eigenvalue weighted by atomic mass is 10.1. The number of piperidine rings is 1. The number of hydrogen-bond acceptors (Lipinski definition) is 2. The van der Waals surface area contributed by atoms with Crippen LogP contribution >= 0.6 is 11.6 Å². The largest absolute Gasteiger partial charge is 0.380 e. The van der Waals surface area contributed by atoms with Crippen LogP contribution < -0.4 is 0 Å². The summed E-state index contributed by atoms with van der Waals surface area (Å²) >= 11 is 5.90. The van der Waals surface area contributed by atoms with Crippen LogP contribution in [0.2, 0.25) is 5.02 Å². The fourth-order valence-corrected chi connectivity index (χ4v) is 3.24. The molecule has 1 aliphatic carbocycles. The minimum atomic E-state index is 0.159. The summed E-state index contributed by atoms with van der Waals surface area (Å²) in [5.41, 5.74) is 1.23. The Morgan fingerprint density at radius 2 is 2.10 bits per heavy atom. The molecule has 2 aliphatic rings. The van der Waals surface area contributed by atoms with Crippen molar-refractivity contribution in [3.05, 3.63) is 34.9 Å². The Hall–Kier alpha value is -1.06. The molecular formula is C16H20ClNO2. The number of halogens is 1. The Morgan fingerprint density at radius 3 is 2.80 bits per heavy atom. The van der Waals surface area contributed by atoms with Gasteiger partial charge in [-0.1, -0.05) is 23.7 Å². The van der Waals surface area contributed by atoms with Crippen LogP contribution in [-0.2, 0) is 9.53 Å². The van der Waals surface area contributed by atoms with E-state index in [2.05, 4.69) is 0 Å². The van der Waals surface area contributed by atoms with E-state index < -0.39 is 0 Å². The lowest BCUT2D eigenvalue weighted by molar-refractivity contribution is -0.136. The number of methoxy groups -OCH3 is 1. The summed E-state index contributed by atoms with van der Waals surface area (Å²) in [4.78, 5) is 14.5. The molecule has 1 heterocycles. The number of benzene rings is 1. The summed E-state index contributed by atoms with van der Waals surface area (Å²) in [7, 11) is 1.73. The van der Waals surface area contributed by atoms with E-state index in [1.54, 1.807) is 7.11 Å². The van der Waals surface area contributed by atoms with E-state index in [9.17, 15) is 4.79 Å². The molecule has 0 spiro atoms. The number of amides is 1. The maximum Gasteiger partial charge on any atom is 0.226 e. The quantitative estimate of drug-likeness (QED) is 0.857. The lowest BCUT2D eigenvalue weighted by Crippen LogP contribution is -2.43. The zero-order valence-corrected chi connectivity index (χ0v) is 12.5. The molecule has 1 aromatic rings. The Bertz CT molecular complexity index is 488. The molecule has 3 atom stereocenters. The third kappa shape index (κ3) is 2.84. The molecule has 0 N–H and O–H groups in total. The van der Waals surface area contributed by atoms with E-state index in [-0.39, 0.29) is 12.0 Å². The monoisotopic (exact) mass is 293 g/mol. The summed E-state index contributed by atoms with van der Waals surface area (Å²) in [5, 5.41) is 0.747. The number of nitrogens with zero attached hydrogens (tertiary/aromatic N) is 1. The molecule has 1 saturated carbocycles. The van der Waals surface area contributed by atoms with Gasteiger partial charge in [-0.05, 0) is 42.9 Å². The normalized spacial score (nSPS) is 29.3. The number of hydrogen-bond donors (Lipinski definition) is 0. The van der Waals surface area contributed by atoms with Crippen LogP contribution in [-0.4, -0.2) is 37.1 Å². The average molecular weight is 294 g/mol. The minimum absolute atomic E-state index is 0.159. The molecule has 0 aromatic heterocycles. The van der Waals surface area contributed by atoms with Crippen molar-refractivity contribution in [1.29, 1.82) is 0 Å². The Kier molecular flexibility index (Phi) is 3.99. The maximum atomic E-state index is 12.5. The molecule has 1 saturated heterocycles. The fourth-order valence-electron chi connectivity index (χ4n) is 3.11. The van der Waals surface area contributed by atoms with Gasteiger partial charge in [0.2, 0.25) is 5.91 Å². The smallest absolute Gasteiger partial charge is 0.226 e. The third-order valence-electron chi connectivity index (χ3n) is 4.43. The van der Waals surface area contributed by atoms with E-state index in [0.717, 1.165) is 37.4 Å². The van der Waals surface area contributed by atoms with Gasteiger partial charge in [-0.3, -0.25) is 4.79 Å². The third-order valence-corrected chi connectivity index (χ3v) is 4.68. The standard InChI is InChI=1S/C16H20ClNO2/c1-20-13-3-2-8-18(10-13)16(19)15-9-14(15)11-4-6-12(17)7-5-11/h4-7,13-15H,2-3,8-10H2,1H3/t13-,14+,15-/m1/s1. The number of ether oxygens (including phenoxy) is 1. The summed E-state index contributed by atoms with van der Waals surface area (Å²) in [5.74, 6) is 0.834. The first-order valence-corrected chi connectivity index (χ1v) is 7.64. The van der Waals surface area contributed by atoms with Gasteiger partial charge in [0.25, 0.3) is 0 Å². The highest BCUT2D eigenvalue weighted by atomic mass is 35.5. The van der Waals surface area contributed by atoms with Crippen LogP contribution in [0.1, 0.15) is 30.7 Å². The molecule has 0 unspecified atom stereocenters. The number of likely N-dealkylation sites (tertiary alicyclic amines) is 1. The minimum Gasteiger partial charge on any atom is -0.380 e. The molecule has 0 radical (unpaired) electrons. The van der Waals surface area contributed by atoms with E-state index in [1.165, 1.54) is 5.56 Å². The number of carbonyl (C=O) groups excluding carboxylic acids is 1. The van der Waals surface area contributed by atoms with Crippen LogP contribution in [0.3, 0.4) is 0 Å². The maximum absolute atomic E-state index is 12.5. The zero-order chi connectivity index (χ0) is 14.1. The van der Waals surface area contributed by atoms with Gasteiger partial charge in [0.1, 0.15) is 0 Å². The van der Waals surface area contributed by atoms with Gasteiger partial charge in [-0.2, -0.15) is 0 Å². The van der Waals surface area contributed by atoms with Crippen molar-refractivity contribution in [2.24, 2.45) is 5.92 Å². The average Bonchev–Trinajstić information content (AvgIpc) is 3.28. The SMILES string of the molecule is CO[C@@H]1CCCN(C(=O)[C@@H]2C[C@H]2c2ccc(Cl)cc2)C1. The Labute approximate surface area is 124 Å². The molecule has 0 bridgehead atoms. The highest BCUT2D eigenvalue weighted by molar-refractivity contribution is 6.30. The van der Waals surface area contributed by atoms with Crippen molar-refractivity contribution in [2.75, 3.05) is 20.2 Å². The van der Waals surface area contributed by atoms with Crippen LogP contribution in [0, 0.1) is 5.92 Å². The summed E-state index contributed by atoms with van der Waals surface area (Å²) in [6, 6.07) is 7.88. The molecule has 3 nitrogen and oxygen atoms in total. The van der Waals surface area contributed by atoms with Crippen LogP contribution in [0.4, 0.5) is 0 Å².